The fourth-order valence-electron chi connectivity index (χ4n) is 1.61. The Morgan fingerprint density at radius 2 is 2.05 bits per heavy atom. The number of ether oxygens (including phenoxy) is 1. The molecule has 0 aliphatic carbocycles. The predicted molar refractivity (Wildman–Crippen MR) is 89.5 cm³/mol. The first-order valence-corrected chi connectivity index (χ1v) is 7.92. The van der Waals surface area contributed by atoms with Gasteiger partial charge in [0.2, 0.25) is 0 Å². The number of nitrogens with zero attached hydrogens (tertiary/aromatic N) is 1. The Morgan fingerprint density at radius 1 is 1.38 bits per heavy atom. The van der Waals surface area contributed by atoms with Crippen LogP contribution < -0.4 is 10.1 Å². The highest BCUT2D eigenvalue weighted by atomic mass is 79.9. The van der Waals surface area contributed by atoms with Gasteiger partial charge in [-0.1, -0.05) is 15.9 Å². The highest BCUT2D eigenvalue weighted by Crippen LogP contribution is 2.24. The summed E-state index contributed by atoms with van der Waals surface area (Å²) in [6.45, 7) is 9.73. The minimum Gasteiger partial charge on any atom is -0.483 e. The number of nitrogens with one attached hydrogen (secondary N) is 1. The Balaban J connectivity index is 2.75. The summed E-state index contributed by atoms with van der Waals surface area (Å²) < 4.78 is 6.69. The van der Waals surface area contributed by atoms with Crippen molar-refractivity contribution in [3.05, 3.63) is 28.2 Å². The molecular weight excluding hydrogens is 332 g/mol. The van der Waals surface area contributed by atoms with Crippen LogP contribution in [-0.2, 0) is 11.3 Å². The zero-order chi connectivity index (χ0) is 16.0. The Labute approximate surface area is 136 Å². The molecule has 21 heavy (non-hydrogen) atoms. The number of hydrogen-bond donors (Lipinski definition) is 1. The Morgan fingerprint density at radius 3 is 2.62 bits per heavy atom. The van der Waals surface area contributed by atoms with E-state index in [4.69, 9.17) is 4.74 Å². The molecule has 1 amide bonds. The molecule has 0 fully saturated rings. The smallest absolute Gasteiger partial charge is 0.260 e. The van der Waals surface area contributed by atoms with Crippen LogP contribution >= 0.6 is 15.9 Å². The quantitative estimate of drug-likeness (QED) is 0.850. The molecule has 0 saturated carbocycles. The Hall–Kier alpha value is -1.07. The van der Waals surface area contributed by atoms with Crippen LogP contribution in [0.3, 0.4) is 0 Å². The SMILES string of the molecule is CCN(C)C(=O)COc1ccc(Br)cc1CNC(C)(C)C. The molecule has 1 aromatic carbocycles. The second-order valence-corrected chi connectivity index (χ2v) is 6.97. The van der Waals surface area contributed by atoms with E-state index in [2.05, 4.69) is 42.0 Å². The third-order valence-electron chi connectivity index (χ3n) is 3.08. The van der Waals surface area contributed by atoms with Crippen molar-refractivity contribution in [1.29, 1.82) is 0 Å². The molecule has 0 spiro atoms. The number of benzene rings is 1. The first-order chi connectivity index (χ1) is 9.73. The molecule has 0 atom stereocenters. The van der Waals surface area contributed by atoms with E-state index in [-0.39, 0.29) is 18.1 Å². The number of carbonyl (C=O) groups is 1. The maximum absolute atomic E-state index is 11.8. The molecule has 0 aromatic heterocycles. The zero-order valence-corrected chi connectivity index (χ0v) is 15.1. The van der Waals surface area contributed by atoms with Gasteiger partial charge in [0, 0.05) is 35.7 Å². The molecule has 5 heteroatoms. The van der Waals surface area contributed by atoms with Gasteiger partial charge in [0.1, 0.15) is 5.75 Å². The average Bonchev–Trinajstić information content (AvgIpc) is 2.41. The van der Waals surface area contributed by atoms with Crippen LogP contribution in [0.2, 0.25) is 0 Å². The topological polar surface area (TPSA) is 41.6 Å². The van der Waals surface area contributed by atoms with Gasteiger partial charge in [-0.2, -0.15) is 0 Å². The summed E-state index contributed by atoms with van der Waals surface area (Å²) in [7, 11) is 1.77. The molecule has 1 rings (SSSR count). The molecule has 1 N–H and O–H groups in total. The van der Waals surface area contributed by atoms with E-state index in [1.165, 1.54) is 0 Å². The van der Waals surface area contributed by atoms with Crippen LogP contribution in [0.5, 0.6) is 5.75 Å². The van der Waals surface area contributed by atoms with Crippen molar-refractivity contribution in [3.63, 3.8) is 0 Å². The second-order valence-electron chi connectivity index (χ2n) is 6.05. The van der Waals surface area contributed by atoms with E-state index < -0.39 is 0 Å². The van der Waals surface area contributed by atoms with Gasteiger partial charge in [-0.15, -0.1) is 0 Å². The van der Waals surface area contributed by atoms with Crippen LogP contribution in [-0.4, -0.2) is 36.5 Å². The van der Waals surface area contributed by atoms with Gasteiger partial charge in [0.15, 0.2) is 6.61 Å². The van der Waals surface area contributed by atoms with Gasteiger partial charge in [-0.05, 0) is 45.9 Å². The Kier molecular flexibility index (Phi) is 6.68. The largest absolute Gasteiger partial charge is 0.483 e. The fourth-order valence-corrected chi connectivity index (χ4v) is 2.02. The lowest BCUT2D eigenvalue weighted by Crippen LogP contribution is -2.35. The maximum atomic E-state index is 11.8. The molecule has 0 bridgehead atoms. The summed E-state index contributed by atoms with van der Waals surface area (Å²) in [6, 6.07) is 5.83. The van der Waals surface area contributed by atoms with Crippen LogP contribution in [0.4, 0.5) is 0 Å². The predicted octanol–water partition coefficient (Wildman–Crippen LogP) is 3.19. The van der Waals surface area contributed by atoms with Crippen LogP contribution in [0.25, 0.3) is 0 Å². The third-order valence-corrected chi connectivity index (χ3v) is 3.58. The Bertz CT molecular complexity index is 484. The van der Waals surface area contributed by atoms with Gasteiger partial charge in [-0.25, -0.2) is 0 Å². The minimum atomic E-state index is -0.0184. The molecule has 1 aromatic rings. The van der Waals surface area contributed by atoms with Crippen LogP contribution in [0, 0.1) is 0 Å². The van der Waals surface area contributed by atoms with E-state index in [1.54, 1.807) is 11.9 Å². The summed E-state index contributed by atoms with van der Waals surface area (Å²) in [6.07, 6.45) is 0. The van der Waals surface area contributed by atoms with E-state index in [1.807, 2.05) is 25.1 Å². The number of likely N-dealkylation sites (N-methyl/N-ethyl adjacent to an activating group) is 1. The van der Waals surface area contributed by atoms with Gasteiger partial charge >= 0.3 is 0 Å². The van der Waals surface area contributed by atoms with E-state index >= 15 is 0 Å². The molecule has 0 aliphatic rings. The molecule has 0 radical (unpaired) electrons. The number of amides is 1. The summed E-state index contributed by atoms with van der Waals surface area (Å²) in [5.74, 6) is 0.725. The number of halogens is 1. The molecule has 0 unspecified atom stereocenters. The number of carbonyl (C=O) groups excluding carboxylic acids is 1. The molecule has 0 heterocycles. The van der Waals surface area contributed by atoms with E-state index in [0.29, 0.717) is 13.1 Å². The van der Waals surface area contributed by atoms with E-state index in [9.17, 15) is 4.79 Å². The van der Waals surface area contributed by atoms with Gasteiger partial charge < -0.3 is 15.0 Å². The van der Waals surface area contributed by atoms with Crippen LogP contribution in [0.1, 0.15) is 33.3 Å². The highest BCUT2D eigenvalue weighted by Gasteiger charge is 2.13. The number of rotatable bonds is 6. The van der Waals surface area contributed by atoms with Crippen molar-refractivity contribution in [2.45, 2.75) is 39.8 Å². The lowest BCUT2D eigenvalue weighted by Gasteiger charge is -2.22. The molecule has 118 valence electrons. The molecule has 0 saturated heterocycles. The van der Waals surface area contributed by atoms with Gasteiger partial charge in [0.05, 0.1) is 0 Å². The van der Waals surface area contributed by atoms with E-state index in [0.717, 1.165) is 15.8 Å². The first kappa shape index (κ1) is 18.0. The molecule has 0 aliphatic heterocycles. The minimum absolute atomic E-state index is 0.0184. The van der Waals surface area contributed by atoms with Gasteiger partial charge in [0.25, 0.3) is 5.91 Å². The van der Waals surface area contributed by atoms with Crippen molar-refractivity contribution in [2.75, 3.05) is 20.2 Å². The van der Waals surface area contributed by atoms with Crippen LogP contribution in [0.15, 0.2) is 22.7 Å². The fraction of sp³-hybridized carbons (Fsp3) is 0.562. The zero-order valence-electron chi connectivity index (χ0n) is 13.5. The molecule has 4 nitrogen and oxygen atoms in total. The average molecular weight is 357 g/mol. The summed E-state index contributed by atoms with van der Waals surface area (Å²) in [4.78, 5) is 13.5. The maximum Gasteiger partial charge on any atom is 0.260 e. The van der Waals surface area contributed by atoms with Gasteiger partial charge in [-0.3, -0.25) is 4.79 Å². The summed E-state index contributed by atoms with van der Waals surface area (Å²) in [5, 5.41) is 3.43. The van der Waals surface area contributed by atoms with Crippen molar-refractivity contribution < 1.29 is 9.53 Å². The molecular formula is C16H25BrN2O2. The van der Waals surface area contributed by atoms with Crippen molar-refractivity contribution in [1.82, 2.24) is 10.2 Å². The lowest BCUT2D eigenvalue weighted by molar-refractivity contribution is -0.131. The second kappa shape index (κ2) is 7.80. The van der Waals surface area contributed by atoms with Crippen molar-refractivity contribution in [3.8, 4) is 5.75 Å². The highest BCUT2D eigenvalue weighted by molar-refractivity contribution is 9.10. The normalized spacial score (nSPS) is 11.3. The standard InChI is InChI=1S/C16H25BrN2O2/c1-6-19(5)15(20)11-21-14-8-7-13(17)9-12(14)10-18-16(2,3)4/h7-9,18H,6,10-11H2,1-5H3. The summed E-state index contributed by atoms with van der Waals surface area (Å²) >= 11 is 3.47. The lowest BCUT2D eigenvalue weighted by atomic mass is 10.1. The van der Waals surface area contributed by atoms with Crippen molar-refractivity contribution >= 4 is 21.8 Å². The number of hydrogen-bond acceptors (Lipinski definition) is 3. The first-order valence-electron chi connectivity index (χ1n) is 7.13. The third kappa shape index (κ3) is 6.48. The van der Waals surface area contributed by atoms with Crippen molar-refractivity contribution in [2.24, 2.45) is 0 Å². The summed E-state index contributed by atoms with van der Waals surface area (Å²) in [5.41, 5.74) is 1.06. The monoisotopic (exact) mass is 356 g/mol.